The first-order valence-electron chi connectivity index (χ1n) is 6.87. The Morgan fingerprint density at radius 2 is 2.14 bits per heavy atom. The molecule has 4 heteroatoms. The van der Waals surface area contributed by atoms with Crippen molar-refractivity contribution < 1.29 is 0 Å². The van der Waals surface area contributed by atoms with Crippen molar-refractivity contribution in [2.75, 3.05) is 5.73 Å². The summed E-state index contributed by atoms with van der Waals surface area (Å²) in [4.78, 5) is 4.04. The van der Waals surface area contributed by atoms with Crippen LogP contribution < -0.4 is 15.5 Å². The van der Waals surface area contributed by atoms with E-state index in [0.29, 0.717) is 10.8 Å². The van der Waals surface area contributed by atoms with Gasteiger partial charge in [0, 0.05) is 31.9 Å². The highest BCUT2D eigenvalue weighted by Gasteiger charge is 2.11. The summed E-state index contributed by atoms with van der Waals surface area (Å²) in [5.74, 6) is 0.466. The molecule has 2 nitrogen and oxygen atoms in total. The van der Waals surface area contributed by atoms with E-state index in [1.54, 1.807) is 17.5 Å². The normalized spacial score (nSPS) is 13.0. The predicted octanol–water partition coefficient (Wildman–Crippen LogP) is 3.97. The van der Waals surface area contributed by atoms with E-state index >= 15 is 0 Å². The molecule has 0 saturated heterocycles. The van der Waals surface area contributed by atoms with Crippen LogP contribution in [0.5, 0.6) is 0 Å². The third-order valence-electron chi connectivity index (χ3n) is 3.50. The van der Waals surface area contributed by atoms with Gasteiger partial charge in [0.1, 0.15) is 5.82 Å². The Labute approximate surface area is 137 Å². The molecule has 0 saturated carbocycles. The first kappa shape index (κ1) is 14.8. The average Bonchev–Trinajstić information content (AvgIpc) is 2.88. The van der Waals surface area contributed by atoms with Gasteiger partial charge in [-0.3, -0.25) is 0 Å². The number of thiophene rings is 1. The summed E-state index contributed by atoms with van der Waals surface area (Å²) in [6, 6.07) is 8.05. The van der Waals surface area contributed by atoms with Gasteiger partial charge in [0.2, 0.25) is 0 Å². The SMILES string of the molecule is C=C/C=c1\c(=C/C)sc2c(-c3cc(N)ncc3Cl)cccc12. The molecule has 2 heterocycles. The van der Waals surface area contributed by atoms with Crippen molar-refractivity contribution in [3.63, 3.8) is 0 Å². The summed E-state index contributed by atoms with van der Waals surface area (Å²) in [6.07, 6.45) is 7.58. The third-order valence-corrected chi connectivity index (χ3v) is 5.12. The number of hydrogen-bond acceptors (Lipinski definition) is 3. The van der Waals surface area contributed by atoms with Crippen LogP contribution in [0.15, 0.2) is 43.1 Å². The molecule has 3 rings (SSSR count). The molecule has 0 atom stereocenters. The molecule has 0 bridgehead atoms. The fourth-order valence-electron chi connectivity index (χ4n) is 2.53. The zero-order chi connectivity index (χ0) is 15.7. The monoisotopic (exact) mass is 326 g/mol. The number of pyridine rings is 1. The highest BCUT2D eigenvalue weighted by molar-refractivity contribution is 7.17. The standard InChI is InChI=1S/C18H15ClN2S/c1-3-6-11-12-7-5-8-13(18(12)22-16(11)4-2)14-9-17(20)21-10-15(14)19/h3-10H,1H2,2H3,(H2,20,21)/b11-6-,16-4+. The van der Waals surface area contributed by atoms with E-state index in [1.165, 1.54) is 19.8 Å². The maximum absolute atomic E-state index is 6.33. The lowest BCUT2D eigenvalue weighted by Gasteiger charge is -2.06. The molecule has 1 aromatic carbocycles. The van der Waals surface area contributed by atoms with Crippen molar-refractivity contribution in [2.45, 2.75) is 6.92 Å². The summed E-state index contributed by atoms with van der Waals surface area (Å²) in [6.45, 7) is 5.86. The number of anilines is 1. The minimum Gasteiger partial charge on any atom is -0.384 e. The van der Waals surface area contributed by atoms with Crippen molar-refractivity contribution in [3.8, 4) is 11.1 Å². The molecule has 0 unspecified atom stereocenters. The number of hydrogen-bond donors (Lipinski definition) is 1. The van der Waals surface area contributed by atoms with Gasteiger partial charge in [-0.25, -0.2) is 4.98 Å². The van der Waals surface area contributed by atoms with Gasteiger partial charge in [0.15, 0.2) is 0 Å². The molecule has 0 spiro atoms. The molecule has 0 aliphatic heterocycles. The first-order chi connectivity index (χ1) is 10.7. The Bertz CT molecular complexity index is 986. The molecule has 110 valence electrons. The molecule has 0 radical (unpaired) electrons. The number of halogens is 1. The highest BCUT2D eigenvalue weighted by Crippen LogP contribution is 2.34. The van der Waals surface area contributed by atoms with Crippen LogP contribution in [0.2, 0.25) is 5.02 Å². The molecule has 0 fully saturated rings. The first-order valence-corrected chi connectivity index (χ1v) is 8.07. The Kier molecular flexibility index (Phi) is 4.01. The molecule has 0 amide bonds. The van der Waals surface area contributed by atoms with Crippen molar-refractivity contribution >= 4 is 51.0 Å². The maximum Gasteiger partial charge on any atom is 0.124 e. The number of nitrogen functional groups attached to an aromatic ring is 1. The molecular formula is C18H15ClN2S. The molecule has 0 aliphatic carbocycles. The smallest absolute Gasteiger partial charge is 0.124 e. The van der Waals surface area contributed by atoms with Gasteiger partial charge in [-0.05, 0) is 18.2 Å². The average molecular weight is 327 g/mol. The van der Waals surface area contributed by atoms with Gasteiger partial charge < -0.3 is 5.73 Å². The topological polar surface area (TPSA) is 38.9 Å². The minimum absolute atomic E-state index is 0.466. The lowest BCUT2D eigenvalue weighted by Crippen LogP contribution is -2.17. The van der Waals surface area contributed by atoms with Crippen LogP contribution in [0.3, 0.4) is 0 Å². The van der Waals surface area contributed by atoms with E-state index in [2.05, 4.69) is 29.8 Å². The molecule has 0 aliphatic rings. The molecular weight excluding hydrogens is 312 g/mol. The summed E-state index contributed by atoms with van der Waals surface area (Å²) < 4.78 is 2.41. The van der Waals surface area contributed by atoms with Crippen molar-refractivity contribution in [1.29, 1.82) is 0 Å². The molecule has 22 heavy (non-hydrogen) atoms. The van der Waals surface area contributed by atoms with Crippen LogP contribution in [0.1, 0.15) is 6.92 Å². The second-order valence-corrected chi connectivity index (χ2v) is 6.30. The van der Waals surface area contributed by atoms with Crippen LogP contribution in [-0.2, 0) is 0 Å². The van der Waals surface area contributed by atoms with Crippen molar-refractivity contribution in [2.24, 2.45) is 0 Å². The summed E-state index contributed by atoms with van der Waals surface area (Å²) in [5.41, 5.74) is 7.81. The van der Waals surface area contributed by atoms with Crippen LogP contribution in [0, 0.1) is 0 Å². The van der Waals surface area contributed by atoms with Crippen LogP contribution in [-0.4, -0.2) is 4.98 Å². The van der Waals surface area contributed by atoms with Gasteiger partial charge >= 0.3 is 0 Å². The van der Waals surface area contributed by atoms with Crippen LogP contribution in [0.4, 0.5) is 5.82 Å². The second kappa shape index (κ2) is 5.95. The highest BCUT2D eigenvalue weighted by atomic mass is 35.5. The van der Waals surface area contributed by atoms with Gasteiger partial charge in [0.25, 0.3) is 0 Å². The zero-order valence-electron chi connectivity index (χ0n) is 12.1. The molecule has 2 N–H and O–H groups in total. The summed E-state index contributed by atoms with van der Waals surface area (Å²) in [5, 5.41) is 2.99. The number of rotatable bonds is 2. The van der Waals surface area contributed by atoms with Gasteiger partial charge in [0.05, 0.1) is 5.02 Å². The Hall–Kier alpha value is -2.10. The Balaban J connectivity index is 2.45. The van der Waals surface area contributed by atoms with E-state index in [9.17, 15) is 0 Å². The number of aromatic nitrogens is 1. The fourth-order valence-corrected chi connectivity index (χ4v) is 3.94. The third kappa shape index (κ3) is 2.43. The van der Waals surface area contributed by atoms with E-state index in [-0.39, 0.29) is 0 Å². The van der Waals surface area contributed by atoms with Crippen molar-refractivity contribution in [1.82, 2.24) is 4.98 Å². The van der Waals surface area contributed by atoms with Crippen LogP contribution in [0.25, 0.3) is 33.4 Å². The Morgan fingerprint density at radius 3 is 2.86 bits per heavy atom. The predicted molar refractivity (Wildman–Crippen MR) is 98.5 cm³/mol. The molecule has 2 aromatic heterocycles. The van der Waals surface area contributed by atoms with Crippen LogP contribution >= 0.6 is 22.9 Å². The fraction of sp³-hybridized carbons (Fsp3) is 0.0556. The second-order valence-electron chi connectivity index (χ2n) is 4.84. The van der Waals surface area contributed by atoms with Gasteiger partial charge in [-0.15, -0.1) is 11.3 Å². The maximum atomic E-state index is 6.33. The Morgan fingerprint density at radius 1 is 1.32 bits per heavy atom. The lowest BCUT2D eigenvalue weighted by atomic mass is 10.0. The summed E-state index contributed by atoms with van der Waals surface area (Å²) >= 11 is 8.07. The number of nitrogens with two attached hydrogens (primary N) is 1. The van der Waals surface area contributed by atoms with E-state index < -0.39 is 0 Å². The largest absolute Gasteiger partial charge is 0.384 e. The van der Waals surface area contributed by atoms with E-state index in [4.69, 9.17) is 17.3 Å². The quantitative estimate of drug-likeness (QED) is 0.774. The van der Waals surface area contributed by atoms with Gasteiger partial charge in [-0.1, -0.05) is 54.6 Å². The minimum atomic E-state index is 0.466. The number of benzene rings is 1. The van der Waals surface area contributed by atoms with Gasteiger partial charge in [-0.2, -0.15) is 0 Å². The number of fused-ring (bicyclic) bond motifs is 1. The molecule has 3 aromatic rings. The van der Waals surface area contributed by atoms with Crippen molar-refractivity contribution in [3.05, 3.63) is 57.9 Å². The lowest BCUT2D eigenvalue weighted by molar-refractivity contribution is 1.34. The summed E-state index contributed by atoms with van der Waals surface area (Å²) in [7, 11) is 0. The van der Waals surface area contributed by atoms with E-state index in [1.807, 2.05) is 31.2 Å². The number of allylic oxidation sites excluding steroid dienone is 1. The van der Waals surface area contributed by atoms with E-state index in [0.717, 1.165) is 11.1 Å². The zero-order valence-corrected chi connectivity index (χ0v) is 13.7. The number of nitrogens with zero attached hydrogens (tertiary/aromatic N) is 1.